The van der Waals surface area contributed by atoms with Crippen molar-refractivity contribution in [1.29, 1.82) is 0 Å². The summed E-state index contributed by atoms with van der Waals surface area (Å²) in [5.74, 6) is 1.77. The molecule has 1 heterocycles. The van der Waals surface area contributed by atoms with E-state index >= 15 is 0 Å². The van der Waals surface area contributed by atoms with E-state index in [1.807, 2.05) is 12.1 Å². The van der Waals surface area contributed by atoms with Gasteiger partial charge in [-0.2, -0.15) is 0 Å². The van der Waals surface area contributed by atoms with Gasteiger partial charge in [-0.25, -0.2) is 4.79 Å². The van der Waals surface area contributed by atoms with Gasteiger partial charge in [-0.05, 0) is 48.8 Å². The lowest BCUT2D eigenvalue weighted by Crippen LogP contribution is -2.53. The van der Waals surface area contributed by atoms with E-state index in [9.17, 15) is 9.59 Å². The molecule has 0 N–H and O–H groups in total. The van der Waals surface area contributed by atoms with Gasteiger partial charge in [0.15, 0.2) is 0 Å². The molecule has 0 radical (unpaired) electrons. The average Bonchev–Trinajstić information content (AvgIpc) is 2.64. The van der Waals surface area contributed by atoms with Crippen LogP contribution < -0.4 is 10.4 Å². The van der Waals surface area contributed by atoms with Gasteiger partial charge in [0.1, 0.15) is 17.1 Å². The minimum Gasteiger partial charge on any atom is -0.493 e. The third-order valence-corrected chi connectivity index (χ3v) is 7.42. The topological polar surface area (TPSA) is 56.5 Å². The Bertz CT molecular complexity index is 929. The molecule has 4 atom stereocenters. The van der Waals surface area contributed by atoms with Crippen molar-refractivity contribution in [3.8, 4) is 5.75 Å². The summed E-state index contributed by atoms with van der Waals surface area (Å²) in [6, 6.07) is 8.84. The van der Waals surface area contributed by atoms with Crippen LogP contribution in [0.3, 0.4) is 0 Å². The number of hydrogen-bond acceptors (Lipinski definition) is 4. The molecule has 27 heavy (non-hydrogen) atoms. The van der Waals surface area contributed by atoms with Gasteiger partial charge in [-0.15, -0.1) is 0 Å². The molecule has 2 saturated carbocycles. The molecule has 4 rings (SSSR count). The molecule has 2 aliphatic carbocycles. The second-order valence-corrected chi connectivity index (χ2v) is 9.04. The van der Waals surface area contributed by atoms with Crippen LogP contribution in [0.5, 0.6) is 5.75 Å². The van der Waals surface area contributed by atoms with Gasteiger partial charge < -0.3 is 9.15 Å². The number of carbonyl (C=O) groups is 1. The lowest BCUT2D eigenvalue weighted by Gasteiger charge is -2.56. The Labute approximate surface area is 159 Å². The summed E-state index contributed by atoms with van der Waals surface area (Å²) in [6.45, 7) is 7.36. The first-order chi connectivity index (χ1) is 12.8. The van der Waals surface area contributed by atoms with Crippen molar-refractivity contribution in [2.24, 2.45) is 22.7 Å². The van der Waals surface area contributed by atoms with Crippen LogP contribution in [-0.2, 0) is 4.79 Å². The maximum absolute atomic E-state index is 12.3. The molecule has 0 saturated heterocycles. The van der Waals surface area contributed by atoms with E-state index in [0.29, 0.717) is 30.3 Å². The zero-order valence-electron chi connectivity index (χ0n) is 16.4. The first-order valence-corrected chi connectivity index (χ1v) is 10.0. The largest absolute Gasteiger partial charge is 0.493 e. The van der Waals surface area contributed by atoms with Crippen LogP contribution in [-0.4, -0.2) is 12.4 Å². The molecule has 0 unspecified atom stereocenters. The van der Waals surface area contributed by atoms with Crippen LogP contribution in [0, 0.1) is 22.7 Å². The number of rotatable bonds is 3. The van der Waals surface area contributed by atoms with Crippen LogP contribution in [0.25, 0.3) is 11.0 Å². The van der Waals surface area contributed by atoms with Gasteiger partial charge in [0.25, 0.3) is 0 Å². The second kappa shape index (κ2) is 6.50. The fourth-order valence-corrected chi connectivity index (χ4v) is 5.64. The van der Waals surface area contributed by atoms with E-state index in [1.165, 1.54) is 6.07 Å². The molecule has 0 bridgehead atoms. The van der Waals surface area contributed by atoms with Crippen LogP contribution >= 0.6 is 0 Å². The van der Waals surface area contributed by atoms with Crippen LogP contribution in [0.2, 0.25) is 0 Å². The number of ether oxygens (including phenoxy) is 1. The molecule has 4 heteroatoms. The quantitative estimate of drug-likeness (QED) is 0.717. The summed E-state index contributed by atoms with van der Waals surface area (Å²) in [4.78, 5) is 23.8. The van der Waals surface area contributed by atoms with Crippen molar-refractivity contribution in [2.75, 3.05) is 6.61 Å². The van der Waals surface area contributed by atoms with Crippen LogP contribution in [0.15, 0.2) is 39.5 Å². The van der Waals surface area contributed by atoms with E-state index in [0.717, 1.165) is 36.8 Å². The molecule has 2 aliphatic rings. The predicted molar refractivity (Wildman–Crippen MR) is 105 cm³/mol. The first-order valence-electron chi connectivity index (χ1n) is 10.0. The molecule has 0 amide bonds. The third kappa shape index (κ3) is 3.09. The molecular formula is C23H28O4. The fourth-order valence-electron chi connectivity index (χ4n) is 5.64. The van der Waals surface area contributed by atoms with Gasteiger partial charge in [0, 0.05) is 35.3 Å². The summed E-state index contributed by atoms with van der Waals surface area (Å²) in [5.41, 5.74) is 0.321. The molecule has 1 aromatic carbocycles. The lowest BCUT2D eigenvalue weighted by molar-refractivity contribution is -0.144. The third-order valence-electron chi connectivity index (χ3n) is 7.42. The highest BCUT2D eigenvalue weighted by Gasteiger charge is 2.54. The first kappa shape index (κ1) is 18.3. The zero-order chi connectivity index (χ0) is 19.2. The maximum Gasteiger partial charge on any atom is 0.336 e. The number of fused-ring (bicyclic) bond motifs is 2. The summed E-state index contributed by atoms with van der Waals surface area (Å²) < 4.78 is 11.5. The Morgan fingerprint density at radius 3 is 2.74 bits per heavy atom. The Kier molecular flexibility index (Phi) is 4.40. The highest BCUT2D eigenvalue weighted by atomic mass is 16.5. The molecule has 144 valence electrons. The van der Waals surface area contributed by atoms with E-state index in [2.05, 4.69) is 20.8 Å². The molecular weight excluding hydrogens is 340 g/mol. The maximum atomic E-state index is 12.3. The Hall–Kier alpha value is -2.10. The van der Waals surface area contributed by atoms with Gasteiger partial charge >= 0.3 is 5.63 Å². The summed E-state index contributed by atoms with van der Waals surface area (Å²) in [6.07, 6.45) is 5.04. The summed E-state index contributed by atoms with van der Waals surface area (Å²) in [5, 5.41) is 0.887. The lowest BCUT2D eigenvalue weighted by atomic mass is 9.48. The fraction of sp³-hybridized carbons (Fsp3) is 0.565. The van der Waals surface area contributed by atoms with E-state index in [1.54, 1.807) is 12.1 Å². The smallest absolute Gasteiger partial charge is 0.336 e. The van der Waals surface area contributed by atoms with Crippen molar-refractivity contribution >= 4 is 16.8 Å². The number of hydrogen-bond donors (Lipinski definition) is 0. The zero-order valence-corrected chi connectivity index (χ0v) is 16.4. The Morgan fingerprint density at radius 1 is 1.15 bits per heavy atom. The van der Waals surface area contributed by atoms with E-state index < -0.39 is 0 Å². The van der Waals surface area contributed by atoms with Crippen molar-refractivity contribution < 1.29 is 13.9 Å². The highest BCUT2D eigenvalue weighted by molar-refractivity contribution is 5.82. The predicted octanol–water partition coefficient (Wildman–Crippen LogP) is 4.98. The average molecular weight is 368 g/mol. The van der Waals surface area contributed by atoms with Crippen molar-refractivity contribution in [2.45, 2.75) is 52.9 Å². The normalized spacial score (nSPS) is 33.7. The van der Waals surface area contributed by atoms with Gasteiger partial charge in [-0.1, -0.05) is 27.2 Å². The number of carbonyl (C=O) groups excluding carboxylic acids is 1. The Morgan fingerprint density at radius 2 is 1.93 bits per heavy atom. The van der Waals surface area contributed by atoms with Gasteiger partial charge in [0.2, 0.25) is 0 Å². The summed E-state index contributed by atoms with van der Waals surface area (Å²) >= 11 is 0. The molecule has 0 aliphatic heterocycles. The highest BCUT2D eigenvalue weighted by Crippen LogP contribution is 2.59. The molecule has 2 fully saturated rings. The van der Waals surface area contributed by atoms with Crippen molar-refractivity contribution in [3.63, 3.8) is 0 Å². The number of benzene rings is 1. The summed E-state index contributed by atoms with van der Waals surface area (Å²) in [7, 11) is 0. The second-order valence-electron chi connectivity index (χ2n) is 9.04. The SMILES string of the molecule is C[C@@H]1C(=O)CC[C@@H]2[C@](C)(COc3ccc4ccc(=O)oc4c3)CCC[C@]12C. The molecule has 0 spiro atoms. The monoisotopic (exact) mass is 368 g/mol. The van der Waals surface area contributed by atoms with E-state index in [-0.39, 0.29) is 22.4 Å². The minimum atomic E-state index is -0.351. The van der Waals surface area contributed by atoms with Gasteiger partial charge in [0.05, 0.1) is 6.61 Å². The van der Waals surface area contributed by atoms with E-state index in [4.69, 9.17) is 9.15 Å². The van der Waals surface area contributed by atoms with Crippen LogP contribution in [0.1, 0.15) is 52.9 Å². The Balaban J connectivity index is 1.56. The van der Waals surface area contributed by atoms with Crippen LogP contribution in [0.4, 0.5) is 0 Å². The van der Waals surface area contributed by atoms with Crippen molar-refractivity contribution in [1.82, 2.24) is 0 Å². The molecule has 4 nitrogen and oxygen atoms in total. The molecule has 2 aromatic rings. The number of ketones is 1. The van der Waals surface area contributed by atoms with Crippen molar-refractivity contribution in [3.05, 3.63) is 40.8 Å². The standard InChI is InChI=1S/C23H28O4/c1-15-18(24)8-9-20-22(2,11-4-12-23(15,20)3)14-26-17-7-5-16-6-10-21(25)27-19(16)13-17/h5-7,10,13,15,20H,4,8-9,11-12,14H2,1-3H3/t15-,20-,22+,23-/m1/s1. The number of Topliss-reactive ketones (excluding diaryl/α,β-unsaturated/α-hetero) is 1. The van der Waals surface area contributed by atoms with Gasteiger partial charge in [-0.3, -0.25) is 4.79 Å². The molecule has 1 aromatic heterocycles. The minimum absolute atomic E-state index is 0.0500.